The molecule has 4 heteroatoms. The lowest BCUT2D eigenvalue weighted by Gasteiger charge is -2.21. The van der Waals surface area contributed by atoms with E-state index < -0.39 is 0 Å². The number of urea groups is 1. The van der Waals surface area contributed by atoms with Gasteiger partial charge in [-0.25, -0.2) is 4.79 Å². The second-order valence-corrected chi connectivity index (χ2v) is 7.88. The number of para-hydroxylation sites is 1. The Labute approximate surface area is 155 Å². The molecule has 0 radical (unpaired) electrons. The molecule has 0 saturated heterocycles. The minimum absolute atomic E-state index is 0.0625. The van der Waals surface area contributed by atoms with Gasteiger partial charge in [0.25, 0.3) is 0 Å². The SMILES string of the molecule is CC(C)(C)CNC(=O)NCC(c1ccccc1)c1c[nH]c2ccccc12. The second-order valence-electron chi connectivity index (χ2n) is 7.88. The lowest BCUT2D eigenvalue weighted by atomic mass is 9.91. The lowest BCUT2D eigenvalue weighted by molar-refractivity contribution is 0.235. The van der Waals surface area contributed by atoms with Gasteiger partial charge in [-0.15, -0.1) is 0 Å². The molecule has 0 saturated carbocycles. The van der Waals surface area contributed by atoms with Crippen molar-refractivity contribution in [2.24, 2.45) is 5.41 Å². The molecule has 3 rings (SSSR count). The molecular formula is C22H27N3O. The van der Waals surface area contributed by atoms with Crippen LogP contribution in [-0.2, 0) is 0 Å². The van der Waals surface area contributed by atoms with Gasteiger partial charge in [0.2, 0.25) is 0 Å². The summed E-state index contributed by atoms with van der Waals surface area (Å²) >= 11 is 0. The third-order valence-electron chi connectivity index (χ3n) is 4.44. The van der Waals surface area contributed by atoms with Crippen molar-refractivity contribution in [1.29, 1.82) is 0 Å². The predicted octanol–water partition coefficient (Wildman–Crippen LogP) is 4.65. The van der Waals surface area contributed by atoms with Crippen LogP contribution in [0.2, 0.25) is 0 Å². The molecule has 1 heterocycles. The molecule has 0 fully saturated rings. The highest BCUT2D eigenvalue weighted by atomic mass is 16.2. The molecule has 26 heavy (non-hydrogen) atoms. The zero-order valence-electron chi connectivity index (χ0n) is 15.7. The van der Waals surface area contributed by atoms with Crippen LogP contribution in [0.25, 0.3) is 10.9 Å². The zero-order valence-corrected chi connectivity index (χ0v) is 15.7. The average Bonchev–Trinajstić information content (AvgIpc) is 3.05. The van der Waals surface area contributed by atoms with E-state index in [4.69, 9.17) is 0 Å². The molecule has 1 aromatic heterocycles. The number of carbonyl (C=O) groups is 1. The predicted molar refractivity (Wildman–Crippen MR) is 107 cm³/mol. The Hall–Kier alpha value is -2.75. The highest BCUT2D eigenvalue weighted by Gasteiger charge is 2.19. The standard InChI is InChI=1S/C22H27N3O/c1-22(2,3)15-25-21(26)24-13-18(16-9-5-4-6-10-16)19-14-23-20-12-8-7-11-17(19)20/h4-12,14,18,23H,13,15H2,1-3H3,(H2,24,25,26). The Balaban J connectivity index is 1.80. The van der Waals surface area contributed by atoms with E-state index >= 15 is 0 Å². The van der Waals surface area contributed by atoms with E-state index in [9.17, 15) is 4.79 Å². The van der Waals surface area contributed by atoms with Crippen molar-refractivity contribution in [1.82, 2.24) is 15.6 Å². The molecule has 136 valence electrons. The van der Waals surface area contributed by atoms with Crippen LogP contribution >= 0.6 is 0 Å². The largest absolute Gasteiger partial charge is 0.361 e. The van der Waals surface area contributed by atoms with Gasteiger partial charge in [-0.05, 0) is 22.6 Å². The molecule has 3 aromatic rings. The molecule has 0 spiro atoms. The first kappa shape index (κ1) is 18.1. The van der Waals surface area contributed by atoms with Gasteiger partial charge in [-0.3, -0.25) is 0 Å². The van der Waals surface area contributed by atoms with Gasteiger partial charge in [0.1, 0.15) is 0 Å². The first-order valence-corrected chi connectivity index (χ1v) is 9.07. The number of benzene rings is 2. The quantitative estimate of drug-likeness (QED) is 0.617. The minimum Gasteiger partial charge on any atom is -0.361 e. The van der Waals surface area contributed by atoms with Crippen molar-refractivity contribution in [3.63, 3.8) is 0 Å². The number of hydrogen-bond donors (Lipinski definition) is 3. The van der Waals surface area contributed by atoms with Crippen LogP contribution < -0.4 is 10.6 Å². The molecule has 2 amide bonds. The van der Waals surface area contributed by atoms with E-state index in [1.807, 2.05) is 30.3 Å². The van der Waals surface area contributed by atoms with Gasteiger partial charge >= 0.3 is 6.03 Å². The monoisotopic (exact) mass is 349 g/mol. The normalized spacial score (nSPS) is 12.7. The van der Waals surface area contributed by atoms with Gasteiger partial charge in [-0.1, -0.05) is 69.3 Å². The van der Waals surface area contributed by atoms with E-state index in [1.54, 1.807) is 0 Å². The third kappa shape index (κ3) is 4.45. The van der Waals surface area contributed by atoms with Gasteiger partial charge in [0, 0.05) is 36.1 Å². The minimum atomic E-state index is -0.124. The fraction of sp³-hybridized carbons (Fsp3) is 0.318. The van der Waals surface area contributed by atoms with E-state index in [2.05, 4.69) is 66.9 Å². The number of H-pyrrole nitrogens is 1. The van der Waals surface area contributed by atoms with Crippen molar-refractivity contribution >= 4 is 16.9 Å². The van der Waals surface area contributed by atoms with Gasteiger partial charge < -0.3 is 15.6 Å². The number of carbonyl (C=O) groups excluding carboxylic acids is 1. The summed E-state index contributed by atoms with van der Waals surface area (Å²) in [6.07, 6.45) is 2.05. The van der Waals surface area contributed by atoms with Crippen LogP contribution in [-0.4, -0.2) is 24.1 Å². The lowest BCUT2D eigenvalue weighted by Crippen LogP contribution is -2.41. The Bertz CT molecular complexity index is 862. The molecular weight excluding hydrogens is 322 g/mol. The summed E-state index contributed by atoms with van der Waals surface area (Å²) in [6.45, 7) is 7.49. The number of rotatable bonds is 5. The topological polar surface area (TPSA) is 56.9 Å². The maximum atomic E-state index is 12.2. The summed E-state index contributed by atoms with van der Waals surface area (Å²) < 4.78 is 0. The Kier molecular flexibility index (Phi) is 5.31. The van der Waals surface area contributed by atoms with E-state index in [0.717, 1.165) is 5.52 Å². The van der Waals surface area contributed by atoms with Crippen LogP contribution in [0.5, 0.6) is 0 Å². The highest BCUT2D eigenvalue weighted by molar-refractivity contribution is 5.84. The smallest absolute Gasteiger partial charge is 0.314 e. The summed E-state index contributed by atoms with van der Waals surface area (Å²) in [6, 6.07) is 18.5. The van der Waals surface area contributed by atoms with Gasteiger partial charge in [0.15, 0.2) is 0 Å². The van der Waals surface area contributed by atoms with Crippen LogP contribution in [0, 0.1) is 5.41 Å². The van der Waals surface area contributed by atoms with Crippen molar-refractivity contribution in [2.45, 2.75) is 26.7 Å². The van der Waals surface area contributed by atoms with Gasteiger partial charge in [-0.2, -0.15) is 0 Å². The fourth-order valence-electron chi connectivity index (χ4n) is 3.08. The number of hydrogen-bond acceptors (Lipinski definition) is 1. The first-order valence-electron chi connectivity index (χ1n) is 9.07. The van der Waals surface area contributed by atoms with Crippen LogP contribution in [0.4, 0.5) is 4.79 Å². The van der Waals surface area contributed by atoms with E-state index in [0.29, 0.717) is 13.1 Å². The molecule has 4 nitrogen and oxygen atoms in total. The Morgan fingerprint density at radius 1 is 1.00 bits per heavy atom. The average molecular weight is 349 g/mol. The molecule has 1 atom stereocenters. The number of aromatic nitrogens is 1. The van der Waals surface area contributed by atoms with Crippen LogP contribution in [0.1, 0.15) is 37.8 Å². The maximum absolute atomic E-state index is 12.2. The molecule has 0 aliphatic rings. The third-order valence-corrected chi connectivity index (χ3v) is 4.44. The summed E-state index contributed by atoms with van der Waals surface area (Å²) in [4.78, 5) is 15.6. The van der Waals surface area contributed by atoms with Crippen molar-refractivity contribution in [3.8, 4) is 0 Å². The first-order chi connectivity index (χ1) is 12.4. The number of nitrogens with one attached hydrogen (secondary N) is 3. The number of aromatic amines is 1. The van der Waals surface area contributed by atoms with E-state index in [-0.39, 0.29) is 17.4 Å². The van der Waals surface area contributed by atoms with Crippen LogP contribution in [0.15, 0.2) is 60.8 Å². The summed E-state index contributed by atoms with van der Waals surface area (Å²) in [7, 11) is 0. The van der Waals surface area contributed by atoms with Crippen LogP contribution in [0.3, 0.4) is 0 Å². The van der Waals surface area contributed by atoms with Crippen molar-refractivity contribution in [3.05, 3.63) is 71.9 Å². The molecule has 0 aliphatic carbocycles. The maximum Gasteiger partial charge on any atom is 0.314 e. The summed E-state index contributed by atoms with van der Waals surface area (Å²) in [5, 5.41) is 7.19. The summed E-state index contributed by atoms with van der Waals surface area (Å²) in [5.74, 6) is 0.0905. The Morgan fingerprint density at radius 2 is 1.69 bits per heavy atom. The summed E-state index contributed by atoms with van der Waals surface area (Å²) in [5.41, 5.74) is 3.56. The zero-order chi connectivity index (χ0) is 18.6. The van der Waals surface area contributed by atoms with Gasteiger partial charge in [0.05, 0.1) is 0 Å². The number of amides is 2. The van der Waals surface area contributed by atoms with Crippen molar-refractivity contribution < 1.29 is 4.79 Å². The fourth-order valence-corrected chi connectivity index (χ4v) is 3.08. The highest BCUT2D eigenvalue weighted by Crippen LogP contribution is 2.30. The molecule has 2 aromatic carbocycles. The Morgan fingerprint density at radius 3 is 2.42 bits per heavy atom. The number of fused-ring (bicyclic) bond motifs is 1. The van der Waals surface area contributed by atoms with Crippen molar-refractivity contribution in [2.75, 3.05) is 13.1 Å². The molecule has 3 N–H and O–H groups in total. The molecule has 1 unspecified atom stereocenters. The van der Waals surface area contributed by atoms with E-state index in [1.165, 1.54) is 16.5 Å². The second kappa shape index (κ2) is 7.65. The molecule has 0 aliphatic heterocycles. The molecule has 0 bridgehead atoms.